The Labute approximate surface area is 97.7 Å². The van der Waals surface area contributed by atoms with Crippen LogP contribution in [0.3, 0.4) is 0 Å². The third kappa shape index (κ3) is 3.40. The molecule has 1 aliphatic carbocycles. The molecule has 0 spiro atoms. The highest BCUT2D eigenvalue weighted by molar-refractivity contribution is 5.54. The predicted molar refractivity (Wildman–Crippen MR) is 68.8 cm³/mol. The maximum atomic E-state index is 4.23. The highest BCUT2D eigenvalue weighted by Gasteiger charge is 2.23. The summed E-state index contributed by atoms with van der Waals surface area (Å²) < 4.78 is 0. The first-order chi connectivity index (χ1) is 7.78. The lowest BCUT2D eigenvalue weighted by Gasteiger charge is -2.15. The molecule has 2 N–H and O–H groups in total. The summed E-state index contributed by atoms with van der Waals surface area (Å²) >= 11 is 0. The summed E-state index contributed by atoms with van der Waals surface area (Å²) in [5.74, 6) is 0.965. The number of nitrogens with one attached hydrogen (secondary N) is 2. The van der Waals surface area contributed by atoms with Gasteiger partial charge in [0.25, 0.3) is 0 Å². The highest BCUT2D eigenvalue weighted by Crippen LogP contribution is 2.34. The molecule has 3 heteroatoms. The van der Waals surface area contributed by atoms with Gasteiger partial charge in [-0.1, -0.05) is 12.8 Å². The molecule has 0 aromatic carbocycles. The molecule has 1 aromatic heterocycles. The van der Waals surface area contributed by atoms with Crippen LogP contribution in [0.4, 0.5) is 11.4 Å². The van der Waals surface area contributed by atoms with Gasteiger partial charge in [0, 0.05) is 12.6 Å². The maximum absolute atomic E-state index is 4.23. The maximum Gasteiger partial charge on any atom is 0.0549 e. The fraction of sp³-hybridized carbons (Fsp3) is 0.615. The second kappa shape index (κ2) is 5.19. The Morgan fingerprint density at radius 1 is 1.38 bits per heavy atom. The van der Waals surface area contributed by atoms with Crippen LogP contribution in [0.2, 0.25) is 0 Å². The second-order valence-electron chi connectivity index (χ2n) is 4.72. The van der Waals surface area contributed by atoms with Gasteiger partial charge in [0.05, 0.1) is 23.8 Å². The molecule has 0 radical (unpaired) electrons. The second-order valence-corrected chi connectivity index (χ2v) is 4.72. The number of aromatic nitrogens is 1. The standard InChI is InChI=1S/C13H21N3/c1-3-15-12-7-13(9-14-8-12)16-10(2)6-11-4-5-11/h7-11,15-16H,3-6H2,1-2H3. The first kappa shape index (κ1) is 11.2. The van der Waals surface area contributed by atoms with Crippen LogP contribution in [0.25, 0.3) is 0 Å². The molecule has 1 saturated carbocycles. The topological polar surface area (TPSA) is 37.0 Å². The SMILES string of the molecule is CCNc1cncc(NC(C)CC2CC2)c1. The summed E-state index contributed by atoms with van der Waals surface area (Å²) in [7, 11) is 0. The van der Waals surface area contributed by atoms with Gasteiger partial charge < -0.3 is 10.6 Å². The number of rotatable bonds is 6. The van der Waals surface area contributed by atoms with Crippen molar-refractivity contribution in [3.8, 4) is 0 Å². The number of hydrogen-bond acceptors (Lipinski definition) is 3. The van der Waals surface area contributed by atoms with Gasteiger partial charge >= 0.3 is 0 Å². The van der Waals surface area contributed by atoms with E-state index in [0.29, 0.717) is 6.04 Å². The van der Waals surface area contributed by atoms with Gasteiger partial charge in [-0.15, -0.1) is 0 Å². The smallest absolute Gasteiger partial charge is 0.0549 e. The summed E-state index contributed by atoms with van der Waals surface area (Å²) in [4.78, 5) is 4.23. The minimum Gasteiger partial charge on any atom is -0.384 e. The zero-order valence-electron chi connectivity index (χ0n) is 10.2. The molecule has 1 atom stereocenters. The number of nitrogens with zero attached hydrogens (tertiary/aromatic N) is 1. The van der Waals surface area contributed by atoms with Crippen LogP contribution in [0.15, 0.2) is 18.5 Å². The Morgan fingerprint density at radius 2 is 2.12 bits per heavy atom. The molecular weight excluding hydrogens is 198 g/mol. The van der Waals surface area contributed by atoms with Crippen molar-refractivity contribution in [2.75, 3.05) is 17.2 Å². The average Bonchev–Trinajstić information content (AvgIpc) is 3.02. The molecule has 1 aromatic rings. The van der Waals surface area contributed by atoms with Crippen LogP contribution in [0.5, 0.6) is 0 Å². The van der Waals surface area contributed by atoms with Crippen LogP contribution < -0.4 is 10.6 Å². The molecular formula is C13H21N3. The third-order valence-corrected chi connectivity index (χ3v) is 2.92. The van der Waals surface area contributed by atoms with Crippen molar-refractivity contribution in [1.82, 2.24) is 4.98 Å². The van der Waals surface area contributed by atoms with E-state index in [1.54, 1.807) is 0 Å². The lowest BCUT2D eigenvalue weighted by molar-refractivity contribution is 0.642. The minimum absolute atomic E-state index is 0.547. The molecule has 88 valence electrons. The van der Waals surface area contributed by atoms with Crippen LogP contribution in [0, 0.1) is 5.92 Å². The first-order valence-electron chi connectivity index (χ1n) is 6.23. The monoisotopic (exact) mass is 219 g/mol. The van der Waals surface area contributed by atoms with Crippen molar-refractivity contribution in [3.63, 3.8) is 0 Å². The molecule has 1 fully saturated rings. The van der Waals surface area contributed by atoms with Gasteiger partial charge in [0.1, 0.15) is 0 Å². The number of anilines is 2. The van der Waals surface area contributed by atoms with Crippen LogP contribution in [-0.2, 0) is 0 Å². The molecule has 0 saturated heterocycles. The van der Waals surface area contributed by atoms with Crippen LogP contribution in [-0.4, -0.2) is 17.6 Å². The van der Waals surface area contributed by atoms with E-state index in [2.05, 4.69) is 35.5 Å². The van der Waals surface area contributed by atoms with Gasteiger partial charge in [-0.25, -0.2) is 0 Å². The highest BCUT2D eigenvalue weighted by atomic mass is 14.9. The van der Waals surface area contributed by atoms with Crippen LogP contribution >= 0.6 is 0 Å². The van der Waals surface area contributed by atoms with Gasteiger partial charge in [-0.3, -0.25) is 4.98 Å². The summed E-state index contributed by atoms with van der Waals surface area (Å²) in [6.07, 6.45) is 7.87. The van der Waals surface area contributed by atoms with E-state index in [-0.39, 0.29) is 0 Å². The van der Waals surface area contributed by atoms with E-state index in [9.17, 15) is 0 Å². The summed E-state index contributed by atoms with van der Waals surface area (Å²) in [6.45, 7) is 5.27. The first-order valence-corrected chi connectivity index (χ1v) is 6.23. The average molecular weight is 219 g/mol. The number of pyridine rings is 1. The van der Waals surface area contributed by atoms with Crippen molar-refractivity contribution in [3.05, 3.63) is 18.5 Å². The Hall–Kier alpha value is -1.25. The van der Waals surface area contributed by atoms with Gasteiger partial charge in [-0.2, -0.15) is 0 Å². The van der Waals surface area contributed by atoms with Crippen molar-refractivity contribution in [2.45, 2.75) is 39.2 Å². The molecule has 1 heterocycles. The van der Waals surface area contributed by atoms with E-state index in [1.165, 1.54) is 19.3 Å². The van der Waals surface area contributed by atoms with Crippen molar-refractivity contribution in [1.29, 1.82) is 0 Å². The molecule has 3 nitrogen and oxygen atoms in total. The Morgan fingerprint density at radius 3 is 2.81 bits per heavy atom. The molecule has 0 amide bonds. The van der Waals surface area contributed by atoms with E-state index in [1.807, 2.05) is 12.4 Å². The summed E-state index contributed by atoms with van der Waals surface area (Å²) in [5, 5.41) is 6.78. The lowest BCUT2D eigenvalue weighted by Crippen LogP contribution is -2.16. The van der Waals surface area contributed by atoms with Crippen molar-refractivity contribution < 1.29 is 0 Å². The van der Waals surface area contributed by atoms with Crippen molar-refractivity contribution in [2.24, 2.45) is 5.92 Å². The number of hydrogen-bond donors (Lipinski definition) is 2. The Bertz CT molecular complexity index is 334. The molecule has 0 bridgehead atoms. The predicted octanol–water partition coefficient (Wildman–Crippen LogP) is 3.11. The fourth-order valence-electron chi connectivity index (χ4n) is 2.02. The van der Waals surface area contributed by atoms with Crippen molar-refractivity contribution >= 4 is 11.4 Å². The summed E-state index contributed by atoms with van der Waals surface area (Å²) in [5.41, 5.74) is 2.21. The quantitative estimate of drug-likeness (QED) is 0.772. The van der Waals surface area contributed by atoms with E-state index in [4.69, 9.17) is 0 Å². The van der Waals surface area contributed by atoms with E-state index < -0.39 is 0 Å². The summed E-state index contributed by atoms with van der Waals surface area (Å²) in [6, 6.07) is 2.67. The van der Waals surface area contributed by atoms with Gasteiger partial charge in [0.15, 0.2) is 0 Å². The zero-order valence-corrected chi connectivity index (χ0v) is 10.2. The Balaban J connectivity index is 1.88. The van der Waals surface area contributed by atoms with Gasteiger partial charge in [-0.05, 0) is 32.3 Å². The molecule has 16 heavy (non-hydrogen) atoms. The largest absolute Gasteiger partial charge is 0.384 e. The minimum atomic E-state index is 0.547. The Kier molecular flexibility index (Phi) is 3.65. The third-order valence-electron chi connectivity index (χ3n) is 2.92. The molecule has 2 rings (SSSR count). The normalized spacial score (nSPS) is 16.9. The molecule has 0 aliphatic heterocycles. The van der Waals surface area contributed by atoms with E-state index in [0.717, 1.165) is 23.8 Å². The zero-order chi connectivity index (χ0) is 11.4. The van der Waals surface area contributed by atoms with Crippen LogP contribution in [0.1, 0.15) is 33.1 Å². The van der Waals surface area contributed by atoms with E-state index >= 15 is 0 Å². The molecule has 1 aliphatic rings. The fourth-order valence-corrected chi connectivity index (χ4v) is 2.02. The lowest BCUT2D eigenvalue weighted by atomic mass is 10.1. The van der Waals surface area contributed by atoms with Gasteiger partial charge in [0.2, 0.25) is 0 Å². The molecule has 1 unspecified atom stereocenters.